The fourth-order valence-corrected chi connectivity index (χ4v) is 6.66. The van der Waals surface area contributed by atoms with Crippen molar-refractivity contribution in [2.24, 2.45) is 0 Å². The van der Waals surface area contributed by atoms with Crippen molar-refractivity contribution in [1.29, 1.82) is 0 Å². The van der Waals surface area contributed by atoms with Crippen molar-refractivity contribution in [1.82, 2.24) is 20.4 Å². The molecule has 2 aliphatic rings. The molecule has 10 amide bonds. The minimum absolute atomic E-state index is 0.0692. The normalized spacial score (nSPS) is 15.8. The molecule has 2 fully saturated rings. The zero-order valence-corrected chi connectivity index (χ0v) is 30.9. The molecule has 0 radical (unpaired) electrons. The summed E-state index contributed by atoms with van der Waals surface area (Å²) in [6, 6.07) is -3.16. The third-order valence-electron chi connectivity index (χ3n) is 7.20. The maximum Gasteiger partial charge on any atom is 0.405 e. The number of anilines is 2. The number of urea groups is 4. The van der Waals surface area contributed by atoms with E-state index in [-0.39, 0.29) is 35.6 Å². The molecule has 0 aliphatic carbocycles. The number of carbonyl (C=O) groups is 6. The SMILES string of the molecule is Cc1cc(F)c(N2C(=O)CN(C(=O)NCC(F)(F)F)C2=O)cc1S(=O)CC(F)(F)F.Cc1cc(F)c(N2C(=O)CN(C(=O)NCC(F)(F)F)C2=O)cc1SCC(F)(F)F. The van der Waals surface area contributed by atoms with E-state index >= 15 is 0 Å². The Morgan fingerprint density at radius 1 is 0.644 bits per heavy atom. The van der Waals surface area contributed by atoms with Crippen LogP contribution in [-0.4, -0.2) is 112 Å². The molecule has 2 saturated heterocycles. The topological polar surface area (TPSA) is 157 Å². The van der Waals surface area contributed by atoms with E-state index in [1.54, 1.807) is 0 Å². The van der Waals surface area contributed by atoms with Gasteiger partial charge in [0.05, 0.1) is 27.9 Å². The van der Waals surface area contributed by atoms with Crippen LogP contribution in [0.5, 0.6) is 0 Å². The van der Waals surface area contributed by atoms with Crippen molar-refractivity contribution >= 4 is 69.9 Å². The first-order valence-electron chi connectivity index (χ1n) is 15.5. The molecule has 2 aromatic rings. The number of amides is 10. The van der Waals surface area contributed by atoms with Crippen LogP contribution < -0.4 is 20.4 Å². The summed E-state index contributed by atoms with van der Waals surface area (Å²) < 4.78 is 189. The Kier molecular flexibility index (Phi) is 14.7. The van der Waals surface area contributed by atoms with Gasteiger partial charge < -0.3 is 10.6 Å². The van der Waals surface area contributed by atoms with Crippen molar-refractivity contribution in [3.05, 3.63) is 47.0 Å². The van der Waals surface area contributed by atoms with Crippen LogP contribution in [0.25, 0.3) is 0 Å². The monoisotopic (exact) mass is 910 g/mol. The summed E-state index contributed by atoms with van der Waals surface area (Å²) in [5.74, 6) is -7.82. The molecule has 29 heteroatoms. The van der Waals surface area contributed by atoms with Gasteiger partial charge in [-0.3, -0.25) is 13.8 Å². The number of aryl methyl sites for hydroxylation is 2. The van der Waals surface area contributed by atoms with Gasteiger partial charge in [0, 0.05) is 9.79 Å². The van der Waals surface area contributed by atoms with Crippen molar-refractivity contribution in [3.63, 3.8) is 0 Å². The zero-order valence-electron chi connectivity index (χ0n) is 29.3. The smallest absolute Gasteiger partial charge is 0.328 e. The van der Waals surface area contributed by atoms with E-state index in [2.05, 4.69) is 0 Å². The Morgan fingerprint density at radius 2 is 1.05 bits per heavy atom. The van der Waals surface area contributed by atoms with Crippen LogP contribution in [0.15, 0.2) is 34.1 Å². The van der Waals surface area contributed by atoms with E-state index in [4.69, 9.17) is 0 Å². The predicted molar refractivity (Wildman–Crippen MR) is 174 cm³/mol. The Balaban J connectivity index is 0.000000316. The highest BCUT2D eigenvalue weighted by Gasteiger charge is 2.45. The van der Waals surface area contributed by atoms with Crippen LogP contribution >= 0.6 is 11.8 Å². The van der Waals surface area contributed by atoms with Gasteiger partial charge in [0.15, 0.2) is 0 Å². The number of carbonyl (C=O) groups excluding carboxylic acids is 6. The Morgan fingerprint density at radius 3 is 1.44 bits per heavy atom. The molecule has 1 unspecified atom stereocenters. The van der Waals surface area contributed by atoms with E-state index in [0.717, 1.165) is 19.1 Å². The Labute approximate surface area is 327 Å². The van der Waals surface area contributed by atoms with Gasteiger partial charge in [0.1, 0.15) is 43.6 Å². The molecular weight excluding hydrogens is 886 g/mol. The quantitative estimate of drug-likeness (QED) is 0.169. The van der Waals surface area contributed by atoms with Crippen LogP contribution in [0.3, 0.4) is 0 Å². The standard InChI is InChI=1S/C15H12F7N3O4S.C15H12F7N3O3S/c1-7-2-8(16)9(3-10(7)30(29)6-15(20,21)22)25-11(26)4-24(13(25)28)12(27)23-5-14(17,18)19;1-7-2-8(16)9(3-10(7)29-6-15(20,21)22)25-11(26)4-24(13(25)28)12(27)23-5-14(17,18)19/h2-3H,4-6H2,1H3,(H,23,27);2-3H,4-6H2,1H3,(H,23,27). The molecule has 2 heterocycles. The Hall–Kier alpha value is -5.22. The second-order valence-corrected chi connectivity index (χ2v) is 14.3. The van der Waals surface area contributed by atoms with Crippen LogP contribution in [0.1, 0.15) is 11.1 Å². The number of nitrogens with zero attached hydrogens (tertiary/aromatic N) is 4. The van der Waals surface area contributed by atoms with Crippen LogP contribution in [0.2, 0.25) is 0 Å². The van der Waals surface area contributed by atoms with E-state index < -0.39 is 137 Å². The number of rotatable bonds is 8. The van der Waals surface area contributed by atoms with Crippen LogP contribution in [0, 0.1) is 25.5 Å². The third kappa shape index (κ3) is 13.1. The highest BCUT2D eigenvalue weighted by molar-refractivity contribution is 7.99. The summed E-state index contributed by atoms with van der Waals surface area (Å²) in [4.78, 5) is 72.1. The highest BCUT2D eigenvalue weighted by atomic mass is 32.2. The average Bonchev–Trinajstić information content (AvgIpc) is 3.53. The first kappa shape index (κ1) is 48.2. The lowest BCUT2D eigenvalue weighted by Gasteiger charge is -2.19. The summed E-state index contributed by atoms with van der Waals surface area (Å²) in [7, 11) is -2.69. The molecular formula is C30H24F14N6O7S2. The van der Waals surface area contributed by atoms with Gasteiger partial charge in [-0.25, -0.2) is 47.6 Å². The summed E-state index contributed by atoms with van der Waals surface area (Å²) in [5.41, 5.74) is -1.63. The largest absolute Gasteiger partial charge is 0.405 e. The maximum absolute atomic E-state index is 14.3. The van der Waals surface area contributed by atoms with E-state index in [1.165, 1.54) is 17.6 Å². The molecule has 1 atom stereocenters. The molecule has 59 heavy (non-hydrogen) atoms. The van der Waals surface area contributed by atoms with Gasteiger partial charge >= 0.3 is 48.8 Å². The van der Waals surface area contributed by atoms with Crippen LogP contribution in [-0.2, 0) is 20.4 Å². The molecule has 0 saturated carbocycles. The number of thioether (sulfide) groups is 1. The minimum atomic E-state index is -4.82. The molecule has 0 bridgehead atoms. The van der Waals surface area contributed by atoms with E-state index in [0.29, 0.717) is 23.9 Å². The third-order valence-corrected chi connectivity index (χ3v) is 9.94. The number of benzene rings is 2. The predicted octanol–water partition coefficient (Wildman–Crippen LogP) is 6.67. The number of nitrogens with one attached hydrogen (secondary N) is 2. The van der Waals surface area contributed by atoms with Gasteiger partial charge in [-0.1, -0.05) is 0 Å². The minimum Gasteiger partial charge on any atom is -0.328 e. The summed E-state index contributed by atoms with van der Waals surface area (Å²) in [6.45, 7) is -3.08. The second-order valence-electron chi connectivity index (χ2n) is 11.9. The first-order valence-corrected chi connectivity index (χ1v) is 17.8. The average molecular weight is 911 g/mol. The van der Waals surface area contributed by atoms with Gasteiger partial charge in [-0.05, 0) is 49.2 Å². The molecule has 13 nitrogen and oxygen atoms in total. The number of halogens is 14. The molecule has 2 N–H and O–H groups in total. The van der Waals surface area contributed by atoms with E-state index in [9.17, 15) is 94.4 Å². The molecule has 0 spiro atoms. The maximum atomic E-state index is 14.3. The first-order chi connectivity index (χ1) is 26.8. The fraction of sp³-hybridized carbons (Fsp3) is 0.400. The number of hydrogen-bond acceptors (Lipinski definition) is 8. The van der Waals surface area contributed by atoms with Crippen molar-refractivity contribution in [3.8, 4) is 0 Å². The van der Waals surface area contributed by atoms with Crippen LogP contribution in [0.4, 0.5) is 92.0 Å². The molecule has 2 aliphatic heterocycles. The lowest BCUT2D eigenvalue weighted by Crippen LogP contribution is -2.45. The van der Waals surface area contributed by atoms with E-state index in [1.807, 2.05) is 0 Å². The summed E-state index contributed by atoms with van der Waals surface area (Å²) in [6.07, 6.45) is -18.9. The number of imide groups is 4. The molecule has 0 aromatic heterocycles. The van der Waals surface area contributed by atoms with Gasteiger partial charge in [0.2, 0.25) is 0 Å². The Bertz CT molecular complexity index is 2040. The van der Waals surface area contributed by atoms with Gasteiger partial charge in [0.25, 0.3) is 11.8 Å². The molecule has 4 rings (SSSR count). The lowest BCUT2D eigenvalue weighted by atomic mass is 10.2. The number of alkyl halides is 12. The summed E-state index contributed by atoms with van der Waals surface area (Å²) in [5, 5.41) is 2.76. The summed E-state index contributed by atoms with van der Waals surface area (Å²) >= 11 is 0.297. The van der Waals surface area contributed by atoms with Crippen molar-refractivity contribution in [2.45, 2.75) is 48.3 Å². The second kappa shape index (κ2) is 18.0. The van der Waals surface area contributed by atoms with Crippen molar-refractivity contribution in [2.75, 3.05) is 47.5 Å². The highest BCUT2D eigenvalue weighted by Crippen LogP contribution is 2.36. The van der Waals surface area contributed by atoms with Crippen molar-refractivity contribution < 1.29 is 94.4 Å². The van der Waals surface area contributed by atoms with Gasteiger partial charge in [-0.15, -0.1) is 11.8 Å². The lowest BCUT2D eigenvalue weighted by molar-refractivity contribution is -0.123. The molecule has 326 valence electrons. The fourth-order valence-electron chi connectivity index (χ4n) is 4.75. The zero-order chi connectivity index (χ0) is 45.2. The van der Waals surface area contributed by atoms with Gasteiger partial charge in [-0.2, -0.15) is 52.7 Å². The number of hydrogen-bond donors (Lipinski definition) is 2. The molecule has 2 aromatic carbocycles.